The molecule has 2 N–H and O–H groups in total. The lowest BCUT2D eigenvalue weighted by Crippen LogP contribution is -2.12. The van der Waals surface area contributed by atoms with Gasteiger partial charge >= 0.3 is 5.97 Å². The summed E-state index contributed by atoms with van der Waals surface area (Å²) in [6, 6.07) is 5.91. The number of carboxylic acids is 1. The molecule has 1 amide bonds. The fraction of sp³-hybridized carbons (Fsp3) is 0.250. The van der Waals surface area contributed by atoms with Crippen LogP contribution in [0.2, 0.25) is 0 Å². The Hall–Kier alpha value is -3.33. The summed E-state index contributed by atoms with van der Waals surface area (Å²) in [5.41, 5.74) is 0.195. The summed E-state index contributed by atoms with van der Waals surface area (Å²) >= 11 is 0. The van der Waals surface area contributed by atoms with Gasteiger partial charge in [-0.3, -0.25) is 4.79 Å². The van der Waals surface area contributed by atoms with Crippen molar-refractivity contribution in [2.24, 2.45) is 0 Å². The van der Waals surface area contributed by atoms with E-state index < -0.39 is 11.9 Å². The minimum atomic E-state index is -1.22. The third-order valence-electron chi connectivity index (χ3n) is 3.24. The largest absolute Gasteiger partial charge is 0.494 e. The molecule has 0 saturated heterocycles. The molecule has 1 rings (SSSR count). The molecule has 0 heterocycles. The van der Waals surface area contributed by atoms with Crippen LogP contribution < -0.4 is 5.32 Å². The number of rotatable bonds is 9. The zero-order chi connectivity index (χ0) is 19.4. The number of hydrogen-bond acceptors (Lipinski definition) is 4. The monoisotopic (exact) mass is 354 g/mol. The van der Waals surface area contributed by atoms with E-state index in [1.54, 1.807) is 12.2 Å². The number of anilines is 1. The van der Waals surface area contributed by atoms with Crippen molar-refractivity contribution in [3.05, 3.63) is 65.5 Å². The van der Waals surface area contributed by atoms with Crippen molar-refractivity contribution >= 4 is 17.6 Å². The highest BCUT2D eigenvalue weighted by atomic mass is 16.5. The molecule has 0 aliphatic heterocycles. The van der Waals surface area contributed by atoms with Gasteiger partial charge in [0.15, 0.2) is 0 Å². The number of aromatic carboxylic acids is 1. The molecule has 0 atom stereocenters. The summed E-state index contributed by atoms with van der Waals surface area (Å²) in [6.45, 7) is 4.53. The van der Waals surface area contributed by atoms with Crippen LogP contribution in [0.3, 0.4) is 0 Å². The van der Waals surface area contributed by atoms with Gasteiger partial charge in [-0.2, -0.15) is 5.26 Å². The van der Waals surface area contributed by atoms with E-state index in [0.29, 0.717) is 12.4 Å². The van der Waals surface area contributed by atoms with Crippen LogP contribution >= 0.6 is 0 Å². The molecule has 0 radical (unpaired) electrons. The number of unbranched alkanes of at least 4 members (excludes halogenated alkanes) is 1. The number of benzene rings is 1. The van der Waals surface area contributed by atoms with Gasteiger partial charge in [0.25, 0.3) is 0 Å². The van der Waals surface area contributed by atoms with E-state index in [-0.39, 0.29) is 16.8 Å². The van der Waals surface area contributed by atoms with E-state index in [2.05, 4.69) is 12.2 Å². The third-order valence-corrected chi connectivity index (χ3v) is 3.24. The minimum Gasteiger partial charge on any atom is -0.494 e. The van der Waals surface area contributed by atoms with Crippen LogP contribution in [-0.2, 0) is 9.53 Å². The fourth-order valence-electron chi connectivity index (χ4n) is 1.95. The average molecular weight is 354 g/mol. The van der Waals surface area contributed by atoms with Crippen LogP contribution in [0.5, 0.6) is 0 Å². The summed E-state index contributed by atoms with van der Waals surface area (Å²) in [6.07, 6.45) is 10.1. The predicted molar refractivity (Wildman–Crippen MR) is 99.6 cm³/mol. The van der Waals surface area contributed by atoms with Gasteiger partial charge in [-0.05, 0) is 43.7 Å². The van der Waals surface area contributed by atoms with Crippen molar-refractivity contribution in [2.45, 2.75) is 26.7 Å². The van der Waals surface area contributed by atoms with E-state index in [0.717, 1.165) is 12.8 Å². The van der Waals surface area contributed by atoms with Crippen molar-refractivity contribution < 1.29 is 19.4 Å². The smallest absolute Gasteiger partial charge is 0.337 e. The first-order valence-corrected chi connectivity index (χ1v) is 8.24. The maximum absolute atomic E-state index is 12.0. The molecule has 0 aromatic heterocycles. The van der Waals surface area contributed by atoms with E-state index in [4.69, 9.17) is 10.00 Å². The van der Waals surface area contributed by atoms with Crippen molar-refractivity contribution in [3.63, 3.8) is 0 Å². The van der Waals surface area contributed by atoms with E-state index in [1.807, 2.05) is 19.1 Å². The average Bonchev–Trinajstić information content (AvgIpc) is 2.62. The van der Waals surface area contributed by atoms with Gasteiger partial charge in [-0.1, -0.05) is 25.5 Å². The molecule has 136 valence electrons. The summed E-state index contributed by atoms with van der Waals surface area (Å²) in [5, 5.41) is 20.5. The van der Waals surface area contributed by atoms with Crippen LogP contribution in [0.25, 0.3) is 0 Å². The second-order valence-electron chi connectivity index (χ2n) is 5.30. The Morgan fingerprint density at radius 1 is 1.35 bits per heavy atom. The Morgan fingerprint density at radius 2 is 2.12 bits per heavy atom. The molecule has 0 bridgehead atoms. The Balaban J connectivity index is 2.82. The number of ether oxygens (including phenoxy) is 1. The topological polar surface area (TPSA) is 99.4 Å². The predicted octanol–water partition coefficient (Wildman–Crippen LogP) is 4.03. The number of carbonyl (C=O) groups excluding carboxylic acids is 1. The summed E-state index contributed by atoms with van der Waals surface area (Å²) in [4.78, 5) is 23.3. The quantitative estimate of drug-likeness (QED) is 0.302. The highest BCUT2D eigenvalue weighted by molar-refractivity contribution is 6.04. The second-order valence-corrected chi connectivity index (χ2v) is 5.30. The Bertz CT molecular complexity index is 771. The molecule has 1 aromatic carbocycles. The number of carboxylic acid groups (broad SMARTS) is 1. The lowest BCUT2D eigenvalue weighted by Gasteiger charge is -2.07. The Kier molecular flexibility index (Phi) is 8.97. The molecule has 0 aliphatic carbocycles. The second kappa shape index (κ2) is 11.3. The Labute approximate surface area is 153 Å². The molecule has 0 unspecified atom stereocenters. The summed E-state index contributed by atoms with van der Waals surface area (Å²) < 4.78 is 5.58. The Morgan fingerprint density at radius 3 is 2.73 bits per heavy atom. The maximum Gasteiger partial charge on any atom is 0.337 e. The first kappa shape index (κ1) is 20.7. The van der Waals surface area contributed by atoms with Crippen molar-refractivity contribution in [2.75, 3.05) is 11.9 Å². The van der Waals surface area contributed by atoms with Gasteiger partial charge < -0.3 is 15.2 Å². The number of nitrogens with zero attached hydrogens (tertiary/aromatic N) is 1. The molecular weight excluding hydrogens is 332 g/mol. The lowest BCUT2D eigenvalue weighted by atomic mass is 10.1. The number of carbonyl (C=O) groups is 2. The number of allylic oxidation sites excluding steroid dienone is 4. The minimum absolute atomic E-state index is 0.128. The van der Waals surface area contributed by atoms with Gasteiger partial charge in [0.1, 0.15) is 5.76 Å². The van der Waals surface area contributed by atoms with Gasteiger partial charge in [-0.25, -0.2) is 4.79 Å². The maximum atomic E-state index is 12.0. The van der Waals surface area contributed by atoms with Crippen LogP contribution in [0.15, 0.2) is 54.3 Å². The van der Waals surface area contributed by atoms with Crippen molar-refractivity contribution in [1.29, 1.82) is 5.26 Å². The zero-order valence-electron chi connectivity index (χ0n) is 14.9. The number of hydrogen-bond donors (Lipinski definition) is 2. The molecule has 6 heteroatoms. The standard InChI is InChI=1S/C20H22N2O4/c1-3-5-12-26-16(7-4-2)8-6-9-19(23)22-18-11-10-15(14-21)13-17(18)20(24)25/h4,6-11,13H,3,5,12H2,1-2H3,(H,22,23)(H,24,25)/b7-4-,9-6+,16-8+. The van der Waals surface area contributed by atoms with Crippen molar-refractivity contribution in [3.8, 4) is 6.07 Å². The molecule has 0 spiro atoms. The highest BCUT2D eigenvalue weighted by Gasteiger charge is 2.12. The number of nitriles is 1. The third kappa shape index (κ3) is 7.05. The summed E-state index contributed by atoms with van der Waals surface area (Å²) in [7, 11) is 0. The molecule has 0 aliphatic rings. The van der Waals surface area contributed by atoms with Crippen LogP contribution in [-0.4, -0.2) is 23.6 Å². The summed E-state index contributed by atoms with van der Waals surface area (Å²) in [5.74, 6) is -1.07. The van der Waals surface area contributed by atoms with E-state index in [1.165, 1.54) is 30.4 Å². The van der Waals surface area contributed by atoms with Gasteiger partial charge in [0.2, 0.25) is 5.91 Å². The molecule has 0 fully saturated rings. The number of nitrogens with one attached hydrogen (secondary N) is 1. The number of amides is 1. The van der Waals surface area contributed by atoms with Gasteiger partial charge in [-0.15, -0.1) is 0 Å². The molecule has 1 aromatic rings. The van der Waals surface area contributed by atoms with Gasteiger partial charge in [0, 0.05) is 6.08 Å². The molecule has 6 nitrogen and oxygen atoms in total. The van der Waals surface area contributed by atoms with E-state index in [9.17, 15) is 14.7 Å². The van der Waals surface area contributed by atoms with Crippen molar-refractivity contribution in [1.82, 2.24) is 0 Å². The fourth-order valence-corrected chi connectivity index (χ4v) is 1.95. The molecular formula is C20H22N2O4. The van der Waals surface area contributed by atoms with Crippen LogP contribution in [0.4, 0.5) is 5.69 Å². The van der Waals surface area contributed by atoms with Crippen LogP contribution in [0, 0.1) is 11.3 Å². The molecule has 26 heavy (non-hydrogen) atoms. The SMILES string of the molecule is C\C=C/C(=C\C=C\C(=O)Nc1ccc(C#N)cc1C(=O)O)OCCCC. The van der Waals surface area contributed by atoms with E-state index >= 15 is 0 Å². The van der Waals surface area contributed by atoms with Crippen LogP contribution in [0.1, 0.15) is 42.6 Å². The lowest BCUT2D eigenvalue weighted by molar-refractivity contribution is -0.111. The first-order valence-electron chi connectivity index (χ1n) is 8.24. The zero-order valence-corrected chi connectivity index (χ0v) is 14.9. The molecule has 0 saturated carbocycles. The first-order chi connectivity index (χ1) is 12.5. The highest BCUT2D eigenvalue weighted by Crippen LogP contribution is 2.17. The normalized spacial score (nSPS) is 11.5. The van der Waals surface area contributed by atoms with Gasteiger partial charge in [0.05, 0.1) is 29.5 Å².